The molecule has 1 aliphatic rings. The molecule has 1 aliphatic heterocycles. The van der Waals surface area contributed by atoms with Crippen LogP contribution < -0.4 is 15.8 Å². The lowest BCUT2D eigenvalue weighted by Gasteiger charge is -2.29. The average molecular weight is 484 g/mol. The summed E-state index contributed by atoms with van der Waals surface area (Å²) < 4.78 is 27.4. The molecule has 1 amide bonds. The van der Waals surface area contributed by atoms with Gasteiger partial charge in [0.25, 0.3) is 5.91 Å². The van der Waals surface area contributed by atoms with E-state index in [2.05, 4.69) is 20.2 Å². The summed E-state index contributed by atoms with van der Waals surface area (Å²) in [6, 6.07) is 9.13. The number of rotatable bonds is 7. The molecular formula is C24H29N5O4S. The van der Waals surface area contributed by atoms with Gasteiger partial charge in [-0.1, -0.05) is 13.8 Å². The van der Waals surface area contributed by atoms with Gasteiger partial charge in [-0.25, -0.2) is 13.4 Å². The smallest absolute Gasteiger partial charge is 0.256 e. The zero-order valence-electron chi connectivity index (χ0n) is 19.4. The molecule has 2 aromatic heterocycles. The van der Waals surface area contributed by atoms with Crippen molar-refractivity contribution < 1.29 is 13.2 Å². The molecule has 34 heavy (non-hydrogen) atoms. The van der Waals surface area contributed by atoms with Crippen LogP contribution in [0.15, 0.2) is 52.3 Å². The maximum Gasteiger partial charge on any atom is 0.256 e. The highest BCUT2D eigenvalue weighted by molar-refractivity contribution is 7.89. The van der Waals surface area contributed by atoms with Gasteiger partial charge in [0.05, 0.1) is 16.1 Å². The van der Waals surface area contributed by atoms with E-state index >= 15 is 0 Å². The first kappa shape index (κ1) is 23.9. The zero-order valence-corrected chi connectivity index (χ0v) is 20.2. The first-order valence-electron chi connectivity index (χ1n) is 11.5. The summed E-state index contributed by atoms with van der Waals surface area (Å²) in [5.41, 5.74) is 0.594. The van der Waals surface area contributed by atoms with Gasteiger partial charge >= 0.3 is 0 Å². The third-order valence-corrected chi connectivity index (χ3v) is 8.14. The third-order valence-electron chi connectivity index (χ3n) is 6.09. The monoisotopic (exact) mass is 483 g/mol. The van der Waals surface area contributed by atoms with Gasteiger partial charge in [0.2, 0.25) is 15.6 Å². The van der Waals surface area contributed by atoms with Gasteiger partial charge < -0.3 is 15.2 Å². The van der Waals surface area contributed by atoms with Crippen LogP contribution in [0.3, 0.4) is 0 Å². The first-order chi connectivity index (χ1) is 16.3. The highest BCUT2D eigenvalue weighted by Gasteiger charge is 2.24. The number of sulfonamides is 1. The number of hydrogen-bond acceptors (Lipinski definition) is 6. The van der Waals surface area contributed by atoms with E-state index in [0.717, 1.165) is 25.9 Å². The molecule has 10 heteroatoms. The van der Waals surface area contributed by atoms with Crippen LogP contribution in [0.1, 0.15) is 43.5 Å². The second-order valence-electron chi connectivity index (χ2n) is 8.22. The number of aromatic nitrogens is 2. The Bertz CT molecular complexity index is 1360. The lowest BCUT2D eigenvalue weighted by atomic mass is 10.1. The van der Waals surface area contributed by atoms with Crippen molar-refractivity contribution in [3.8, 4) is 0 Å². The molecule has 3 heterocycles. The van der Waals surface area contributed by atoms with Crippen molar-refractivity contribution in [1.29, 1.82) is 0 Å². The van der Waals surface area contributed by atoms with Crippen molar-refractivity contribution in [1.82, 2.24) is 14.3 Å². The summed E-state index contributed by atoms with van der Waals surface area (Å²) >= 11 is 0. The van der Waals surface area contributed by atoms with Crippen LogP contribution in [0.5, 0.6) is 0 Å². The van der Waals surface area contributed by atoms with Crippen molar-refractivity contribution in [3.05, 3.63) is 58.5 Å². The van der Waals surface area contributed by atoms with Crippen LogP contribution >= 0.6 is 0 Å². The molecule has 4 rings (SSSR count). The van der Waals surface area contributed by atoms with E-state index in [4.69, 9.17) is 0 Å². The lowest BCUT2D eigenvalue weighted by Crippen LogP contribution is -2.31. The number of aromatic amines is 1. The molecule has 180 valence electrons. The molecule has 1 fully saturated rings. The molecule has 0 atom stereocenters. The van der Waals surface area contributed by atoms with Gasteiger partial charge in [-0.2, -0.15) is 4.31 Å². The van der Waals surface area contributed by atoms with Crippen LogP contribution in [0, 0.1) is 0 Å². The Morgan fingerprint density at radius 1 is 1.12 bits per heavy atom. The fourth-order valence-electron chi connectivity index (χ4n) is 4.34. The summed E-state index contributed by atoms with van der Waals surface area (Å²) in [6.45, 7) is 5.92. The number of piperidine rings is 1. The summed E-state index contributed by atoms with van der Waals surface area (Å²) in [5, 5.41) is 3.25. The minimum absolute atomic E-state index is 0.0696. The Morgan fingerprint density at radius 3 is 2.56 bits per heavy atom. The second-order valence-corrected chi connectivity index (χ2v) is 10.2. The molecule has 0 saturated carbocycles. The molecule has 2 N–H and O–H groups in total. The Hall–Kier alpha value is -3.24. The zero-order chi connectivity index (χ0) is 24.3. The Morgan fingerprint density at radius 2 is 1.85 bits per heavy atom. The summed E-state index contributed by atoms with van der Waals surface area (Å²) in [6.07, 6.45) is 4.98. The van der Waals surface area contributed by atoms with Crippen LogP contribution in [0.4, 0.5) is 11.5 Å². The quantitative estimate of drug-likeness (QED) is 0.533. The average Bonchev–Trinajstić information content (AvgIpc) is 2.84. The van der Waals surface area contributed by atoms with Crippen molar-refractivity contribution in [2.75, 3.05) is 36.4 Å². The SMILES string of the molecule is CCN(CC)S(=O)(=O)c1ccc2[nH]c(=O)cc(C(=O)Nc3cccnc3N3CCCCC3)c2c1. The predicted molar refractivity (Wildman–Crippen MR) is 133 cm³/mol. The minimum Gasteiger partial charge on any atom is -0.355 e. The lowest BCUT2D eigenvalue weighted by molar-refractivity contribution is 0.102. The molecule has 0 bridgehead atoms. The van der Waals surface area contributed by atoms with Crippen LogP contribution in [0.2, 0.25) is 0 Å². The number of anilines is 2. The summed E-state index contributed by atoms with van der Waals surface area (Å²) in [5.74, 6) is 0.189. The largest absolute Gasteiger partial charge is 0.355 e. The molecule has 0 unspecified atom stereocenters. The maximum atomic E-state index is 13.4. The number of pyridine rings is 2. The maximum absolute atomic E-state index is 13.4. The number of nitrogens with zero attached hydrogens (tertiary/aromatic N) is 3. The van der Waals surface area contributed by atoms with Gasteiger partial charge in [-0.05, 0) is 49.6 Å². The van der Waals surface area contributed by atoms with Gasteiger partial charge in [0.1, 0.15) is 0 Å². The van der Waals surface area contributed by atoms with E-state index in [1.165, 1.54) is 35.0 Å². The molecule has 0 aliphatic carbocycles. The summed E-state index contributed by atoms with van der Waals surface area (Å²) in [7, 11) is -3.73. The van der Waals surface area contributed by atoms with E-state index in [0.29, 0.717) is 35.5 Å². The predicted octanol–water partition coefficient (Wildman–Crippen LogP) is 3.20. The van der Waals surface area contributed by atoms with Gasteiger partial charge in [0.15, 0.2) is 5.82 Å². The van der Waals surface area contributed by atoms with Crippen molar-refractivity contribution in [2.45, 2.75) is 38.0 Å². The standard InChI is InChI=1S/C24H29N5O4S/c1-3-29(4-2)34(32,33)17-10-11-20-18(15-17)19(16-22(30)26-20)24(31)27-21-9-8-12-25-23(21)28-13-6-5-7-14-28/h8-12,15-16H,3-7,13-14H2,1-2H3,(H,26,30)(H,27,31). The molecule has 1 saturated heterocycles. The van der Waals surface area contributed by atoms with Gasteiger partial charge in [0, 0.05) is 49.3 Å². The number of amides is 1. The number of H-pyrrole nitrogens is 1. The molecular weight excluding hydrogens is 454 g/mol. The number of benzene rings is 1. The van der Waals surface area contributed by atoms with E-state index in [1.807, 2.05) is 0 Å². The third kappa shape index (κ3) is 4.69. The molecule has 3 aromatic rings. The van der Waals surface area contributed by atoms with Crippen LogP contribution in [0.25, 0.3) is 10.9 Å². The molecule has 1 aromatic carbocycles. The van der Waals surface area contributed by atoms with Crippen molar-refractivity contribution in [3.63, 3.8) is 0 Å². The summed E-state index contributed by atoms with van der Waals surface area (Å²) in [4.78, 5) is 35.0. The van der Waals surface area contributed by atoms with Crippen molar-refractivity contribution >= 4 is 38.3 Å². The fraction of sp³-hybridized carbons (Fsp3) is 0.375. The van der Waals surface area contributed by atoms with E-state index in [9.17, 15) is 18.0 Å². The first-order valence-corrected chi connectivity index (χ1v) is 13.0. The fourth-order valence-corrected chi connectivity index (χ4v) is 5.82. The highest BCUT2D eigenvalue weighted by atomic mass is 32.2. The van der Waals surface area contributed by atoms with Crippen LogP contribution in [-0.4, -0.2) is 54.8 Å². The number of hydrogen-bond donors (Lipinski definition) is 2. The Balaban J connectivity index is 1.75. The number of nitrogens with one attached hydrogen (secondary N) is 2. The van der Waals surface area contributed by atoms with E-state index in [1.54, 1.807) is 32.2 Å². The molecule has 0 radical (unpaired) electrons. The van der Waals surface area contributed by atoms with E-state index in [-0.39, 0.29) is 10.5 Å². The molecule has 9 nitrogen and oxygen atoms in total. The number of fused-ring (bicyclic) bond motifs is 1. The Labute approximate surface area is 198 Å². The Kier molecular flexibility index (Phi) is 6.99. The molecule has 0 spiro atoms. The minimum atomic E-state index is -3.73. The number of carbonyl (C=O) groups excluding carboxylic acids is 1. The van der Waals surface area contributed by atoms with Crippen LogP contribution in [-0.2, 0) is 10.0 Å². The topological polar surface area (TPSA) is 115 Å². The van der Waals surface area contributed by atoms with Gasteiger partial charge in [-0.3, -0.25) is 9.59 Å². The van der Waals surface area contributed by atoms with E-state index < -0.39 is 21.5 Å². The number of carbonyl (C=O) groups is 1. The van der Waals surface area contributed by atoms with Crippen molar-refractivity contribution in [2.24, 2.45) is 0 Å². The van der Waals surface area contributed by atoms with Gasteiger partial charge in [-0.15, -0.1) is 0 Å². The second kappa shape index (κ2) is 9.94. The normalized spacial score (nSPS) is 14.5. The highest BCUT2D eigenvalue weighted by Crippen LogP contribution is 2.28.